The van der Waals surface area contributed by atoms with E-state index in [2.05, 4.69) is 15.5 Å². The maximum absolute atomic E-state index is 12.5. The van der Waals surface area contributed by atoms with Crippen LogP contribution in [0, 0.1) is 0 Å². The van der Waals surface area contributed by atoms with E-state index in [1.807, 2.05) is 0 Å². The Labute approximate surface area is 150 Å². The van der Waals surface area contributed by atoms with Gasteiger partial charge in [0.25, 0.3) is 5.89 Å². The van der Waals surface area contributed by atoms with Gasteiger partial charge in [-0.3, -0.25) is 10.1 Å². The number of anilines is 1. The molecule has 2 aromatic rings. The summed E-state index contributed by atoms with van der Waals surface area (Å²) in [6.07, 6.45) is 3.05. The van der Waals surface area contributed by atoms with E-state index < -0.39 is 22.0 Å². The highest BCUT2D eigenvalue weighted by molar-refractivity contribution is 7.88. The molecule has 1 saturated heterocycles. The van der Waals surface area contributed by atoms with Crippen molar-refractivity contribution in [2.45, 2.75) is 25.3 Å². The Bertz CT molecular complexity index is 883. The van der Waals surface area contributed by atoms with Gasteiger partial charge in [0.1, 0.15) is 6.04 Å². The number of carbonyl (C=O) groups is 1. The van der Waals surface area contributed by atoms with E-state index in [0.29, 0.717) is 23.6 Å². The topological polar surface area (TPSA) is 105 Å². The Kier molecular flexibility index (Phi) is 5.07. The second-order valence-corrected chi connectivity index (χ2v) is 8.11. The van der Waals surface area contributed by atoms with Crippen molar-refractivity contribution in [2.24, 2.45) is 0 Å². The van der Waals surface area contributed by atoms with Gasteiger partial charge in [0.05, 0.1) is 16.8 Å². The minimum atomic E-state index is -3.47. The third kappa shape index (κ3) is 4.00. The fourth-order valence-corrected chi connectivity index (χ4v) is 4.11. The molecule has 1 aromatic heterocycles. The lowest BCUT2D eigenvalue weighted by Gasteiger charge is -2.32. The van der Waals surface area contributed by atoms with E-state index in [9.17, 15) is 13.2 Å². The Morgan fingerprint density at radius 3 is 2.80 bits per heavy atom. The number of nitrogens with zero attached hydrogens (tertiary/aromatic N) is 3. The summed E-state index contributed by atoms with van der Waals surface area (Å²) in [6.45, 7) is 0.325. The lowest BCUT2D eigenvalue weighted by Crippen LogP contribution is -2.49. The molecule has 0 aliphatic carbocycles. The van der Waals surface area contributed by atoms with Crippen molar-refractivity contribution in [3.05, 3.63) is 29.3 Å². The molecule has 134 valence electrons. The van der Waals surface area contributed by atoms with Crippen LogP contribution in [0.25, 0.3) is 11.5 Å². The zero-order valence-electron chi connectivity index (χ0n) is 13.5. The van der Waals surface area contributed by atoms with Crippen LogP contribution in [0.5, 0.6) is 0 Å². The first-order valence-corrected chi connectivity index (χ1v) is 9.95. The fourth-order valence-electron chi connectivity index (χ4n) is 2.77. The number of nitrogens with one attached hydrogen (secondary N) is 1. The van der Waals surface area contributed by atoms with Gasteiger partial charge in [-0.2, -0.15) is 4.31 Å². The molecule has 25 heavy (non-hydrogen) atoms. The van der Waals surface area contributed by atoms with Gasteiger partial charge in [0.15, 0.2) is 0 Å². The molecular formula is C15H17ClN4O4S. The lowest BCUT2D eigenvalue weighted by atomic mass is 10.0. The third-order valence-electron chi connectivity index (χ3n) is 3.94. The van der Waals surface area contributed by atoms with Crippen LogP contribution >= 0.6 is 11.6 Å². The average molecular weight is 385 g/mol. The number of sulfonamides is 1. The number of piperidine rings is 1. The monoisotopic (exact) mass is 384 g/mol. The molecule has 1 atom stereocenters. The highest BCUT2D eigenvalue weighted by atomic mass is 35.5. The molecule has 1 N–H and O–H groups in total. The molecule has 2 heterocycles. The molecule has 3 rings (SSSR count). The van der Waals surface area contributed by atoms with Gasteiger partial charge in [-0.25, -0.2) is 8.42 Å². The molecular weight excluding hydrogens is 368 g/mol. The van der Waals surface area contributed by atoms with Crippen molar-refractivity contribution in [1.29, 1.82) is 0 Å². The van der Waals surface area contributed by atoms with E-state index in [-0.39, 0.29) is 11.9 Å². The number of amides is 1. The highest BCUT2D eigenvalue weighted by Gasteiger charge is 2.35. The molecule has 0 spiro atoms. The Morgan fingerprint density at radius 1 is 1.32 bits per heavy atom. The van der Waals surface area contributed by atoms with Crippen molar-refractivity contribution in [3.8, 4) is 11.5 Å². The van der Waals surface area contributed by atoms with Crippen LogP contribution in [0.1, 0.15) is 19.3 Å². The predicted molar refractivity (Wildman–Crippen MR) is 92.6 cm³/mol. The first kappa shape index (κ1) is 17.8. The zero-order chi connectivity index (χ0) is 18.0. The van der Waals surface area contributed by atoms with Crippen LogP contribution in [0.2, 0.25) is 5.02 Å². The summed E-state index contributed by atoms with van der Waals surface area (Å²) in [5.74, 6) is -0.316. The van der Waals surface area contributed by atoms with Gasteiger partial charge < -0.3 is 4.42 Å². The molecule has 0 saturated carbocycles. The van der Waals surface area contributed by atoms with Gasteiger partial charge >= 0.3 is 6.01 Å². The number of aromatic nitrogens is 2. The van der Waals surface area contributed by atoms with Crippen molar-refractivity contribution in [1.82, 2.24) is 14.5 Å². The fraction of sp³-hybridized carbons (Fsp3) is 0.400. The van der Waals surface area contributed by atoms with Crippen LogP contribution in [-0.2, 0) is 14.8 Å². The summed E-state index contributed by atoms with van der Waals surface area (Å²) >= 11 is 6.08. The largest absolute Gasteiger partial charge is 0.403 e. The molecule has 0 bridgehead atoms. The van der Waals surface area contributed by atoms with Crippen LogP contribution in [0.4, 0.5) is 6.01 Å². The Balaban J connectivity index is 1.76. The summed E-state index contributed by atoms with van der Waals surface area (Å²) in [5.41, 5.74) is 0.549. The predicted octanol–water partition coefficient (Wildman–Crippen LogP) is 2.14. The summed E-state index contributed by atoms with van der Waals surface area (Å²) in [6, 6.07) is 6.07. The molecule has 8 nitrogen and oxygen atoms in total. The number of rotatable bonds is 4. The molecule has 1 aliphatic rings. The van der Waals surface area contributed by atoms with Crippen LogP contribution in [-0.4, -0.2) is 47.7 Å². The van der Waals surface area contributed by atoms with Crippen molar-refractivity contribution in [3.63, 3.8) is 0 Å². The first-order valence-electron chi connectivity index (χ1n) is 7.72. The molecule has 0 radical (unpaired) electrons. The molecule has 10 heteroatoms. The maximum atomic E-state index is 12.5. The number of hydrogen-bond donors (Lipinski definition) is 1. The lowest BCUT2D eigenvalue weighted by molar-refractivity contribution is -0.120. The van der Waals surface area contributed by atoms with Crippen LogP contribution in [0.15, 0.2) is 28.7 Å². The first-order chi connectivity index (χ1) is 11.9. The number of benzene rings is 1. The molecule has 1 fully saturated rings. The highest BCUT2D eigenvalue weighted by Crippen LogP contribution is 2.27. The summed E-state index contributed by atoms with van der Waals surface area (Å²) in [7, 11) is -3.47. The van der Waals surface area contributed by atoms with E-state index in [1.54, 1.807) is 24.3 Å². The number of hydrogen-bond acceptors (Lipinski definition) is 6. The zero-order valence-corrected chi connectivity index (χ0v) is 15.0. The van der Waals surface area contributed by atoms with Crippen LogP contribution < -0.4 is 5.32 Å². The molecule has 1 aliphatic heterocycles. The number of carbonyl (C=O) groups excluding carboxylic acids is 1. The van der Waals surface area contributed by atoms with Crippen LogP contribution in [0.3, 0.4) is 0 Å². The second-order valence-electron chi connectivity index (χ2n) is 5.77. The third-order valence-corrected chi connectivity index (χ3v) is 5.56. The standard InChI is InChI=1S/C15H17ClN4O4S/c1-25(22,23)20-9-5-4-8-12(20)13(21)17-15-19-18-14(24-15)10-6-2-3-7-11(10)16/h2-3,6-7,12H,4-5,8-9H2,1H3,(H,17,19,21). The van der Waals surface area contributed by atoms with Gasteiger partial charge in [-0.05, 0) is 25.0 Å². The summed E-state index contributed by atoms with van der Waals surface area (Å²) in [4.78, 5) is 12.5. The Morgan fingerprint density at radius 2 is 2.08 bits per heavy atom. The second kappa shape index (κ2) is 7.11. The minimum absolute atomic E-state index is 0.0982. The summed E-state index contributed by atoms with van der Waals surface area (Å²) < 4.78 is 30.4. The average Bonchev–Trinajstić information content (AvgIpc) is 3.02. The molecule has 1 unspecified atom stereocenters. The summed E-state index contributed by atoms with van der Waals surface area (Å²) in [5, 5.41) is 10.6. The number of halogens is 1. The van der Waals surface area contributed by atoms with E-state index in [4.69, 9.17) is 16.0 Å². The SMILES string of the molecule is CS(=O)(=O)N1CCCCC1C(=O)Nc1nnc(-c2ccccc2Cl)o1. The van der Waals surface area contributed by atoms with Crippen molar-refractivity contribution >= 4 is 33.5 Å². The van der Waals surface area contributed by atoms with Gasteiger partial charge in [0, 0.05) is 6.54 Å². The van der Waals surface area contributed by atoms with Gasteiger partial charge in [-0.15, -0.1) is 5.10 Å². The molecule has 1 aromatic carbocycles. The van der Waals surface area contributed by atoms with Gasteiger partial charge in [0.2, 0.25) is 15.9 Å². The van der Waals surface area contributed by atoms with Crippen molar-refractivity contribution < 1.29 is 17.6 Å². The van der Waals surface area contributed by atoms with Gasteiger partial charge in [-0.1, -0.05) is 35.3 Å². The normalized spacial score (nSPS) is 18.9. The van der Waals surface area contributed by atoms with E-state index >= 15 is 0 Å². The Hall–Kier alpha value is -1.97. The van der Waals surface area contributed by atoms with Crippen molar-refractivity contribution in [2.75, 3.05) is 18.1 Å². The minimum Gasteiger partial charge on any atom is -0.403 e. The molecule has 1 amide bonds. The quantitative estimate of drug-likeness (QED) is 0.865. The van der Waals surface area contributed by atoms with E-state index in [0.717, 1.165) is 19.1 Å². The smallest absolute Gasteiger partial charge is 0.322 e. The van der Waals surface area contributed by atoms with E-state index in [1.165, 1.54) is 4.31 Å². The maximum Gasteiger partial charge on any atom is 0.322 e.